The van der Waals surface area contributed by atoms with Crippen molar-refractivity contribution in [2.75, 3.05) is 13.2 Å². The monoisotopic (exact) mass is 2290 g/mol. The highest BCUT2D eigenvalue weighted by molar-refractivity contribution is 6.93. The van der Waals surface area contributed by atoms with Crippen LogP contribution in [-0.2, 0) is 115 Å². The number of hydrogen-bond acceptors (Lipinski definition) is 27. The van der Waals surface area contributed by atoms with Crippen molar-refractivity contribution in [1.29, 1.82) is 0 Å². The van der Waals surface area contributed by atoms with E-state index in [1.54, 1.807) is 52.0 Å². The molecule has 3 saturated heterocycles. The summed E-state index contributed by atoms with van der Waals surface area (Å²) < 4.78 is 87.2. The van der Waals surface area contributed by atoms with E-state index in [0.717, 1.165) is 95.2 Å². The van der Waals surface area contributed by atoms with E-state index in [0.29, 0.717) is 49.0 Å². The molecule has 3 aliphatic heterocycles. The van der Waals surface area contributed by atoms with Crippen LogP contribution in [0.2, 0.25) is 168 Å². The average molecular weight is 2290 g/mol. The highest BCUT2D eigenvalue weighted by Crippen LogP contribution is 2.41. The van der Waals surface area contributed by atoms with Gasteiger partial charge in [-0.2, -0.15) is 0 Å². The van der Waals surface area contributed by atoms with Crippen molar-refractivity contribution in [2.24, 2.45) is 56.2 Å². The Balaban J connectivity index is -0.000000807. The summed E-state index contributed by atoms with van der Waals surface area (Å²) in [6.07, 6.45) is 14.1. The molecule has 1 aliphatic carbocycles. The third kappa shape index (κ3) is 64.8. The van der Waals surface area contributed by atoms with Crippen molar-refractivity contribution in [3.05, 3.63) is 59.7 Å². The first-order chi connectivity index (χ1) is 67.4. The third-order valence-corrected chi connectivity index (χ3v) is 58.8. The second-order valence-electron chi connectivity index (χ2n) is 53.0. The van der Waals surface area contributed by atoms with Gasteiger partial charge in [-0.15, -0.1) is 0 Å². The van der Waals surface area contributed by atoms with Crippen LogP contribution in [0.15, 0.2) is 48.5 Å². The summed E-state index contributed by atoms with van der Waals surface area (Å²) in [5.41, 5.74) is -0.147. The van der Waals surface area contributed by atoms with Crippen molar-refractivity contribution in [1.82, 2.24) is 0 Å². The van der Waals surface area contributed by atoms with Gasteiger partial charge in [0.1, 0.15) is 22.7 Å². The maximum atomic E-state index is 12.2. The van der Waals surface area contributed by atoms with Crippen molar-refractivity contribution in [3.8, 4) is 11.5 Å². The Morgan fingerprint density at radius 1 is 0.387 bits per heavy atom. The number of phenols is 2. The summed E-state index contributed by atoms with van der Waals surface area (Å²) in [6.45, 7) is 111. The van der Waals surface area contributed by atoms with Gasteiger partial charge in [0, 0.05) is 22.2 Å². The molecule has 876 valence electrons. The Bertz CT molecular complexity index is 4090. The van der Waals surface area contributed by atoms with Crippen LogP contribution < -0.4 is 0 Å². The molecule has 0 aromatic heterocycles. The first kappa shape index (κ1) is 151. The number of carbonyl (C=O) groups is 10. The summed E-state index contributed by atoms with van der Waals surface area (Å²) in [4.78, 5) is 114. The topological polar surface area (TPSA) is 350 Å². The van der Waals surface area contributed by atoms with Crippen LogP contribution in [-0.4, -0.2) is 191 Å². The van der Waals surface area contributed by atoms with E-state index >= 15 is 0 Å². The molecule has 0 amide bonds. The zero-order valence-electron chi connectivity index (χ0n) is 105. The molecule has 0 bridgehead atoms. The van der Waals surface area contributed by atoms with E-state index in [1.165, 1.54) is 24.0 Å². The van der Waals surface area contributed by atoms with E-state index in [1.807, 2.05) is 184 Å². The molecule has 2 aromatic carbocycles. The SMILES string of the molecule is CC1C(=O)OC(=O)C1C.CC1C(=O)OC(=O)C1C.CCC(C)(C)C(=O)OC(C)(C)C.CCC(C)(C)C(=O)OC(C)C[Si](C)(C)C.CCC(C)(C)C(=O)OC(C)C[Si](C)(C)C.CCC(C)(C)C(=O)OCCC[Si](O[Si](C)(C)C)(O[Si](C)(C)C)O[Si](C)(C)C.CCC(C)(C)C(=O)OCCC[Si]1(C)O[Si](C)(C)O[Si](C)(C)O[Si](C)(C)O1.CCC(C)c1ccc(O)cc1.CCC(C)c1ccc(O)cc1.CCC1(OC(=O)C(C)(C)CC)CCCC1. The second kappa shape index (κ2) is 64.9. The summed E-state index contributed by atoms with van der Waals surface area (Å²) in [7, 11) is -20.1. The average Bonchev–Trinajstić information content (AvgIpc) is 1.08. The molecule has 8 atom stereocenters. The van der Waals surface area contributed by atoms with E-state index < -0.39 is 119 Å². The van der Waals surface area contributed by atoms with Crippen LogP contribution in [0.4, 0.5) is 0 Å². The van der Waals surface area contributed by atoms with Crippen LogP contribution in [0.3, 0.4) is 0 Å². The second-order valence-corrected chi connectivity index (χ2v) is 95.5. The van der Waals surface area contributed by atoms with Crippen molar-refractivity contribution in [3.63, 3.8) is 0 Å². The maximum absolute atomic E-state index is 12.2. The molecule has 2 aromatic rings. The zero-order valence-corrected chi connectivity index (χ0v) is 115. The van der Waals surface area contributed by atoms with Crippen LogP contribution in [0.25, 0.3) is 0 Å². The van der Waals surface area contributed by atoms with E-state index in [9.17, 15) is 47.9 Å². The van der Waals surface area contributed by atoms with E-state index in [-0.39, 0.29) is 105 Å². The quantitative estimate of drug-likeness (QED) is 0.0207. The molecular weight excluding hydrogens is 2070 g/mol. The molecule has 0 spiro atoms. The fraction of sp³-hybridized carbons (Fsp3) is 0.805. The smallest absolute Gasteiger partial charge is 0.469 e. The molecule has 4 fully saturated rings. The van der Waals surface area contributed by atoms with Gasteiger partial charge in [0.05, 0.1) is 81.6 Å². The first-order valence-electron chi connectivity index (χ1n) is 55.6. The fourth-order valence-electron chi connectivity index (χ4n) is 14.5. The number of rotatable bonds is 38. The van der Waals surface area contributed by atoms with Crippen molar-refractivity contribution in [2.45, 2.75) is 521 Å². The van der Waals surface area contributed by atoms with E-state index in [4.69, 9.17) is 67.4 Å². The number of phenolic OH excluding ortho intramolecular Hbond substituents is 2. The van der Waals surface area contributed by atoms with Gasteiger partial charge in [0.15, 0.2) is 25.0 Å². The Morgan fingerprint density at radius 2 is 0.647 bits per heavy atom. The predicted octanol–water partition coefficient (Wildman–Crippen LogP) is 30.8. The highest BCUT2D eigenvalue weighted by atomic mass is 28.5. The lowest BCUT2D eigenvalue weighted by Crippen LogP contribution is -2.65. The van der Waals surface area contributed by atoms with Crippen LogP contribution in [0, 0.1) is 56.2 Å². The number of esters is 10. The molecule has 37 heteroatoms. The number of benzene rings is 2. The van der Waals surface area contributed by atoms with Crippen LogP contribution in [0.1, 0.15) is 341 Å². The molecular formula is C113H222O27Si10. The van der Waals surface area contributed by atoms with Gasteiger partial charge >= 0.3 is 103 Å². The van der Waals surface area contributed by atoms with Crippen LogP contribution in [0.5, 0.6) is 11.5 Å². The standard InChI is InChI=1S/C18H44O5Si4.C16H38O6Si4.C13H24O2.2C12H26O2Si.C10H20O2.2C10H14O.2C6H8O3/c1-13-18(2,3)17(19)20-15-14-16-27(21-24(4,5)6,22-25(7,8)9)23-26(10,11)12;1-11-16(2,3)15(17)18-13-12-14-26(10)21-24(6,7)19-23(4,5)20-25(8,9)22-26;1-5-12(3,4)11(14)15-13(6-2)9-7-8-10-13;2*1-8-12(3,4)11(13)14-10(2)9-15(5,6)7;1-7-10(5,6)8(11)12-9(2,3)4;2*1-3-8(2)9-4-6-10(11)7-5-9;2*1-3-4(2)6(8)9-5(3)7/h13-16H2,1-12H3;11-14H2,1-10H3;5-10H2,1-4H3;2*10H,8-9H2,1-7H3;7H2,1-6H3;2*4-8,11H,3H2,1-2H3;2*3-4H,1-2H3. The summed E-state index contributed by atoms with van der Waals surface area (Å²) in [6, 6.07) is 18.4. The molecule has 6 rings (SSSR count). The van der Waals surface area contributed by atoms with Gasteiger partial charge in [-0.25, -0.2) is 0 Å². The minimum absolute atomic E-state index is 0.0197. The zero-order chi connectivity index (χ0) is 119. The molecule has 27 nitrogen and oxygen atoms in total. The minimum atomic E-state index is -2.83. The lowest BCUT2D eigenvalue weighted by atomic mass is 9.89. The van der Waals surface area contributed by atoms with Gasteiger partial charge in [0.2, 0.25) is 0 Å². The summed E-state index contributed by atoms with van der Waals surface area (Å²) >= 11 is 0. The molecule has 4 aliphatic rings. The van der Waals surface area contributed by atoms with Crippen molar-refractivity contribution < 1.29 is 125 Å². The lowest BCUT2D eigenvalue weighted by Gasteiger charge is -2.47. The molecule has 8 unspecified atom stereocenters. The number of carbonyl (C=O) groups excluding carboxylic acids is 10. The number of ether oxygens (including phenoxy) is 8. The number of cyclic esters (lactones) is 4. The third-order valence-electron chi connectivity index (χ3n) is 26.6. The van der Waals surface area contributed by atoms with Gasteiger partial charge in [-0.1, -0.05) is 167 Å². The van der Waals surface area contributed by atoms with Gasteiger partial charge in [-0.3, -0.25) is 47.9 Å². The normalized spacial score (nSPS) is 18.9. The molecule has 2 N–H and O–H groups in total. The minimum Gasteiger partial charge on any atom is -0.508 e. The number of hydrogen-bond donors (Lipinski definition) is 2. The van der Waals surface area contributed by atoms with Gasteiger partial charge in [-0.05, 0) is 384 Å². The predicted molar refractivity (Wildman–Crippen MR) is 636 cm³/mol. The molecule has 1 saturated carbocycles. The van der Waals surface area contributed by atoms with Gasteiger partial charge in [0.25, 0.3) is 0 Å². The molecule has 3 heterocycles. The summed E-state index contributed by atoms with van der Waals surface area (Å²) in [5.74, 6) is -1.25. The highest BCUT2D eigenvalue weighted by Gasteiger charge is 2.54. The molecule has 150 heavy (non-hydrogen) atoms. The Morgan fingerprint density at radius 3 is 0.887 bits per heavy atom. The van der Waals surface area contributed by atoms with Gasteiger partial charge < -0.3 is 76.9 Å². The Hall–Kier alpha value is -4.97. The molecule has 0 radical (unpaired) electrons. The lowest BCUT2D eigenvalue weighted by molar-refractivity contribution is -0.171. The summed E-state index contributed by atoms with van der Waals surface area (Å²) in [5, 5.41) is 18.0. The largest absolute Gasteiger partial charge is 0.508 e. The first-order valence-corrected chi connectivity index (χ1v) is 86.1. The Kier molecular flexibility index (Phi) is 65.5. The Labute approximate surface area is 924 Å². The fourth-order valence-corrected chi connectivity index (χ4v) is 54.3. The van der Waals surface area contributed by atoms with Crippen molar-refractivity contribution >= 4 is 144 Å². The maximum Gasteiger partial charge on any atom is 0.469 e. The number of aromatic hydroxyl groups is 2. The van der Waals surface area contributed by atoms with E-state index in [2.05, 4.69) is 188 Å². The van der Waals surface area contributed by atoms with Crippen LogP contribution >= 0.6 is 0 Å².